The topological polar surface area (TPSA) is 47.6 Å². The predicted octanol–water partition coefficient (Wildman–Crippen LogP) is 1.24. The van der Waals surface area contributed by atoms with Gasteiger partial charge in [-0.05, 0) is 38.1 Å². The molecule has 2 aliphatic heterocycles. The SMILES string of the molecule is COc1cccc2c1C1(CCNCC1)C(=O)O2. The maximum atomic E-state index is 12.2. The Hall–Kier alpha value is -1.55. The molecule has 2 aliphatic rings. The van der Waals surface area contributed by atoms with Crippen LogP contribution < -0.4 is 14.8 Å². The molecule has 4 heteroatoms. The largest absolute Gasteiger partial charge is 0.496 e. The molecule has 0 atom stereocenters. The molecule has 0 amide bonds. The number of carbonyl (C=O) groups is 1. The zero-order chi connectivity index (χ0) is 11.9. The van der Waals surface area contributed by atoms with Gasteiger partial charge in [0.2, 0.25) is 0 Å². The second-order valence-corrected chi connectivity index (χ2v) is 4.56. The summed E-state index contributed by atoms with van der Waals surface area (Å²) < 4.78 is 10.8. The van der Waals surface area contributed by atoms with Crippen molar-refractivity contribution in [2.75, 3.05) is 20.2 Å². The maximum absolute atomic E-state index is 12.2. The van der Waals surface area contributed by atoms with E-state index in [1.54, 1.807) is 7.11 Å². The molecule has 2 heterocycles. The molecule has 0 bridgehead atoms. The van der Waals surface area contributed by atoms with Gasteiger partial charge in [0.05, 0.1) is 12.7 Å². The van der Waals surface area contributed by atoms with Crippen LogP contribution in [0.3, 0.4) is 0 Å². The molecule has 1 spiro atoms. The summed E-state index contributed by atoms with van der Waals surface area (Å²) in [6, 6.07) is 5.59. The number of carbonyl (C=O) groups excluding carboxylic acids is 1. The van der Waals surface area contributed by atoms with E-state index in [2.05, 4.69) is 5.32 Å². The molecule has 0 aromatic heterocycles. The highest BCUT2D eigenvalue weighted by molar-refractivity contribution is 5.92. The van der Waals surface area contributed by atoms with E-state index in [-0.39, 0.29) is 5.97 Å². The van der Waals surface area contributed by atoms with Crippen molar-refractivity contribution >= 4 is 5.97 Å². The molecule has 0 saturated carbocycles. The van der Waals surface area contributed by atoms with Gasteiger partial charge >= 0.3 is 5.97 Å². The number of hydrogen-bond acceptors (Lipinski definition) is 4. The fraction of sp³-hybridized carbons (Fsp3) is 0.462. The van der Waals surface area contributed by atoms with Crippen LogP contribution in [0.4, 0.5) is 0 Å². The van der Waals surface area contributed by atoms with Crippen molar-refractivity contribution in [3.05, 3.63) is 23.8 Å². The van der Waals surface area contributed by atoms with E-state index in [1.807, 2.05) is 18.2 Å². The molecule has 0 radical (unpaired) electrons. The Kier molecular flexibility index (Phi) is 2.33. The average Bonchev–Trinajstić information content (AvgIpc) is 2.64. The summed E-state index contributed by atoms with van der Waals surface area (Å²) in [6.45, 7) is 1.68. The zero-order valence-corrected chi connectivity index (χ0v) is 9.79. The van der Waals surface area contributed by atoms with E-state index in [9.17, 15) is 4.79 Å². The molecular weight excluding hydrogens is 218 g/mol. The zero-order valence-electron chi connectivity index (χ0n) is 9.79. The van der Waals surface area contributed by atoms with E-state index < -0.39 is 5.41 Å². The Morgan fingerprint density at radius 2 is 2.12 bits per heavy atom. The van der Waals surface area contributed by atoms with Crippen LogP contribution in [-0.4, -0.2) is 26.2 Å². The molecular formula is C13H15NO3. The Balaban J connectivity index is 2.16. The summed E-state index contributed by atoms with van der Waals surface area (Å²) in [5.41, 5.74) is 0.446. The van der Waals surface area contributed by atoms with E-state index in [0.29, 0.717) is 5.75 Å². The quantitative estimate of drug-likeness (QED) is 0.585. The van der Waals surface area contributed by atoms with E-state index >= 15 is 0 Å². The Morgan fingerprint density at radius 3 is 2.82 bits per heavy atom. The van der Waals surface area contributed by atoms with Gasteiger partial charge in [-0.25, -0.2) is 0 Å². The van der Waals surface area contributed by atoms with Crippen LogP contribution in [0.5, 0.6) is 11.5 Å². The van der Waals surface area contributed by atoms with Crippen LogP contribution in [0.1, 0.15) is 18.4 Å². The lowest BCUT2D eigenvalue weighted by Gasteiger charge is -2.31. The minimum atomic E-state index is -0.493. The highest BCUT2D eigenvalue weighted by Crippen LogP contribution is 2.49. The van der Waals surface area contributed by atoms with Gasteiger partial charge in [0, 0.05) is 0 Å². The molecule has 4 nitrogen and oxygen atoms in total. The highest BCUT2D eigenvalue weighted by atomic mass is 16.5. The third kappa shape index (κ3) is 1.37. The lowest BCUT2D eigenvalue weighted by Crippen LogP contribution is -2.44. The number of piperidine rings is 1. The molecule has 1 aromatic carbocycles. The summed E-state index contributed by atoms with van der Waals surface area (Å²) in [7, 11) is 1.63. The molecule has 90 valence electrons. The van der Waals surface area contributed by atoms with Gasteiger partial charge in [-0.15, -0.1) is 0 Å². The number of benzene rings is 1. The van der Waals surface area contributed by atoms with E-state index in [4.69, 9.17) is 9.47 Å². The molecule has 1 saturated heterocycles. The normalized spacial score (nSPS) is 21.1. The van der Waals surface area contributed by atoms with Crippen LogP contribution in [-0.2, 0) is 10.2 Å². The molecule has 0 aliphatic carbocycles. The van der Waals surface area contributed by atoms with Crippen molar-refractivity contribution in [3.8, 4) is 11.5 Å². The van der Waals surface area contributed by atoms with Crippen LogP contribution in [0, 0.1) is 0 Å². The summed E-state index contributed by atoms with van der Waals surface area (Å²) in [5.74, 6) is 1.30. The third-order valence-corrected chi connectivity index (χ3v) is 3.74. The Bertz CT molecular complexity index is 464. The van der Waals surface area contributed by atoms with Crippen LogP contribution in [0.15, 0.2) is 18.2 Å². The minimum absolute atomic E-state index is 0.126. The lowest BCUT2D eigenvalue weighted by molar-refractivity contribution is -0.139. The van der Waals surface area contributed by atoms with Gasteiger partial charge in [0.15, 0.2) is 0 Å². The third-order valence-electron chi connectivity index (χ3n) is 3.74. The van der Waals surface area contributed by atoms with Gasteiger partial charge in [-0.1, -0.05) is 6.07 Å². The summed E-state index contributed by atoms with van der Waals surface area (Å²) in [6.07, 6.45) is 1.55. The van der Waals surface area contributed by atoms with Gasteiger partial charge in [0.25, 0.3) is 0 Å². The Morgan fingerprint density at radius 1 is 1.35 bits per heavy atom. The first-order valence-corrected chi connectivity index (χ1v) is 5.88. The fourth-order valence-electron chi connectivity index (χ4n) is 2.85. The number of fused-ring (bicyclic) bond motifs is 2. The van der Waals surface area contributed by atoms with Gasteiger partial charge in [-0.2, -0.15) is 0 Å². The lowest BCUT2D eigenvalue weighted by atomic mass is 9.74. The monoisotopic (exact) mass is 233 g/mol. The summed E-state index contributed by atoms with van der Waals surface area (Å²) in [4.78, 5) is 12.2. The van der Waals surface area contributed by atoms with E-state index in [1.165, 1.54) is 0 Å². The second kappa shape index (κ2) is 3.74. The number of nitrogens with one attached hydrogen (secondary N) is 1. The first kappa shape index (κ1) is 10.6. The van der Waals surface area contributed by atoms with Gasteiger partial charge in [-0.3, -0.25) is 4.79 Å². The minimum Gasteiger partial charge on any atom is -0.496 e. The number of rotatable bonds is 1. The van der Waals surface area contributed by atoms with Crippen molar-refractivity contribution in [1.82, 2.24) is 5.32 Å². The number of methoxy groups -OCH3 is 1. The highest BCUT2D eigenvalue weighted by Gasteiger charge is 2.51. The van der Waals surface area contributed by atoms with Crippen molar-refractivity contribution < 1.29 is 14.3 Å². The van der Waals surface area contributed by atoms with Crippen molar-refractivity contribution in [1.29, 1.82) is 0 Å². The van der Waals surface area contributed by atoms with Gasteiger partial charge in [0.1, 0.15) is 16.9 Å². The van der Waals surface area contributed by atoms with Crippen LogP contribution >= 0.6 is 0 Å². The van der Waals surface area contributed by atoms with Crippen LogP contribution in [0.2, 0.25) is 0 Å². The second-order valence-electron chi connectivity index (χ2n) is 4.56. The smallest absolute Gasteiger partial charge is 0.322 e. The average molecular weight is 233 g/mol. The Labute approximate surface area is 99.9 Å². The van der Waals surface area contributed by atoms with Crippen molar-refractivity contribution in [2.45, 2.75) is 18.3 Å². The number of esters is 1. The molecule has 1 aromatic rings. The molecule has 1 fully saturated rings. The first-order valence-electron chi connectivity index (χ1n) is 5.88. The molecule has 3 rings (SSSR count). The van der Waals surface area contributed by atoms with Gasteiger partial charge < -0.3 is 14.8 Å². The van der Waals surface area contributed by atoms with Crippen LogP contribution in [0.25, 0.3) is 0 Å². The molecule has 1 N–H and O–H groups in total. The maximum Gasteiger partial charge on any atom is 0.322 e. The fourth-order valence-corrected chi connectivity index (χ4v) is 2.85. The molecule has 17 heavy (non-hydrogen) atoms. The molecule has 0 unspecified atom stereocenters. The number of ether oxygens (including phenoxy) is 2. The summed E-state index contributed by atoms with van der Waals surface area (Å²) in [5, 5.41) is 3.28. The number of hydrogen-bond donors (Lipinski definition) is 1. The van der Waals surface area contributed by atoms with E-state index in [0.717, 1.165) is 37.2 Å². The first-order chi connectivity index (χ1) is 8.28. The van der Waals surface area contributed by atoms with Crippen molar-refractivity contribution in [3.63, 3.8) is 0 Å². The predicted molar refractivity (Wildman–Crippen MR) is 62.4 cm³/mol. The standard InChI is InChI=1S/C13H15NO3/c1-16-9-3-2-4-10-11(9)13(12(15)17-10)5-7-14-8-6-13/h2-4,14H,5-8H2,1H3. The summed E-state index contributed by atoms with van der Waals surface area (Å²) >= 11 is 0. The van der Waals surface area contributed by atoms with Crippen molar-refractivity contribution in [2.24, 2.45) is 0 Å².